The fourth-order valence-corrected chi connectivity index (χ4v) is 9.08. The maximum atomic E-state index is 2.54. The first-order valence-electron chi connectivity index (χ1n) is 23.3. The number of benzene rings is 8. The molecular formula is C62H70N2. The summed E-state index contributed by atoms with van der Waals surface area (Å²) in [7, 11) is 0. The molecule has 8 aromatic rings. The molecule has 0 aliphatic rings. The van der Waals surface area contributed by atoms with Gasteiger partial charge in [0.25, 0.3) is 0 Å². The second kappa shape index (κ2) is 16.0. The lowest BCUT2D eigenvalue weighted by atomic mass is 9.80. The predicted molar refractivity (Wildman–Crippen MR) is 282 cm³/mol. The van der Waals surface area contributed by atoms with Gasteiger partial charge in [0.1, 0.15) is 0 Å². The summed E-state index contributed by atoms with van der Waals surface area (Å²) < 4.78 is 0. The number of rotatable bonds is 6. The van der Waals surface area contributed by atoms with Crippen LogP contribution in [0.1, 0.15) is 128 Å². The van der Waals surface area contributed by atoms with Crippen LogP contribution >= 0.6 is 0 Å². The molecule has 0 heterocycles. The maximum absolute atomic E-state index is 2.54. The number of hydrogen-bond acceptors (Lipinski definition) is 2. The van der Waals surface area contributed by atoms with Crippen molar-refractivity contribution >= 4 is 66.4 Å². The number of fused-ring (bicyclic) bond motifs is 5. The molecule has 0 saturated heterocycles. The zero-order valence-corrected chi connectivity index (χ0v) is 41.6. The third-order valence-electron chi connectivity index (χ3n) is 13.6. The van der Waals surface area contributed by atoms with E-state index in [0.29, 0.717) is 0 Å². The van der Waals surface area contributed by atoms with Crippen LogP contribution in [0.2, 0.25) is 0 Å². The molecule has 0 spiro atoms. The van der Waals surface area contributed by atoms with Gasteiger partial charge in [-0.25, -0.2) is 0 Å². The smallest absolute Gasteiger partial charge is 0.0546 e. The lowest BCUT2D eigenvalue weighted by molar-refractivity contribution is 0.568. The Bertz CT molecular complexity index is 2800. The van der Waals surface area contributed by atoms with E-state index in [4.69, 9.17) is 0 Å². The van der Waals surface area contributed by atoms with Gasteiger partial charge in [0.2, 0.25) is 0 Å². The van der Waals surface area contributed by atoms with Gasteiger partial charge >= 0.3 is 0 Å². The normalized spacial score (nSPS) is 12.7. The summed E-state index contributed by atoms with van der Waals surface area (Å²) in [6, 6.07) is 51.6. The zero-order chi connectivity index (χ0) is 46.3. The largest absolute Gasteiger partial charge is 0.310 e. The number of hydrogen-bond donors (Lipinski definition) is 0. The lowest BCUT2D eigenvalue weighted by Crippen LogP contribution is -2.19. The SMILES string of the molecule is Cc1ccc(N(c2cc(C(C)(C)C)cc(C(C)(C)C)c2)c2cc3c4ccccc4c(N(c4cc(C(C)(C)C)cc(C(C)(C)C)c4)c4ccc(C)c(C)c4)cc3c3ccccc23)cc1C. The summed E-state index contributed by atoms with van der Waals surface area (Å²) in [6.45, 7) is 36.9. The first kappa shape index (κ1) is 44.7. The number of aryl methyl sites for hydroxylation is 4. The molecule has 8 rings (SSSR count). The Morgan fingerprint density at radius 1 is 0.266 bits per heavy atom. The predicted octanol–water partition coefficient (Wildman–Crippen LogP) is 18.5. The fraction of sp³-hybridized carbons (Fsp3) is 0.323. The van der Waals surface area contributed by atoms with Crippen molar-refractivity contribution in [1.29, 1.82) is 0 Å². The summed E-state index contributed by atoms with van der Waals surface area (Å²) >= 11 is 0. The van der Waals surface area contributed by atoms with Gasteiger partial charge in [-0.15, -0.1) is 0 Å². The summed E-state index contributed by atoms with van der Waals surface area (Å²) in [4.78, 5) is 5.07. The number of nitrogens with zero attached hydrogens (tertiary/aromatic N) is 2. The molecule has 0 saturated carbocycles. The molecule has 0 N–H and O–H groups in total. The quantitative estimate of drug-likeness (QED) is 0.154. The minimum atomic E-state index is -0.0369. The third-order valence-corrected chi connectivity index (χ3v) is 13.6. The fourth-order valence-electron chi connectivity index (χ4n) is 9.08. The molecule has 0 atom stereocenters. The summed E-state index contributed by atoms with van der Waals surface area (Å²) in [5.74, 6) is 0. The van der Waals surface area contributed by atoms with Gasteiger partial charge in [0.05, 0.1) is 11.4 Å². The van der Waals surface area contributed by atoms with Crippen LogP contribution in [0.25, 0.3) is 32.3 Å². The first-order chi connectivity index (χ1) is 29.9. The molecule has 64 heavy (non-hydrogen) atoms. The van der Waals surface area contributed by atoms with Crippen molar-refractivity contribution in [3.05, 3.63) is 178 Å². The van der Waals surface area contributed by atoms with Crippen LogP contribution in [-0.4, -0.2) is 0 Å². The van der Waals surface area contributed by atoms with Gasteiger partial charge in [-0.1, -0.05) is 156 Å². The molecule has 0 bridgehead atoms. The average Bonchev–Trinajstić information content (AvgIpc) is 3.22. The summed E-state index contributed by atoms with van der Waals surface area (Å²) in [5.41, 5.74) is 17.4. The lowest BCUT2D eigenvalue weighted by Gasteiger charge is -2.33. The van der Waals surface area contributed by atoms with E-state index in [2.05, 4.69) is 254 Å². The van der Waals surface area contributed by atoms with Crippen LogP contribution in [0.3, 0.4) is 0 Å². The molecule has 0 aliphatic heterocycles. The molecule has 2 nitrogen and oxygen atoms in total. The van der Waals surface area contributed by atoms with Crippen molar-refractivity contribution in [1.82, 2.24) is 0 Å². The summed E-state index contributed by atoms with van der Waals surface area (Å²) in [6.07, 6.45) is 0. The zero-order valence-electron chi connectivity index (χ0n) is 41.6. The van der Waals surface area contributed by atoms with Crippen LogP contribution < -0.4 is 9.80 Å². The monoisotopic (exact) mass is 843 g/mol. The highest BCUT2D eigenvalue weighted by atomic mass is 15.2. The van der Waals surface area contributed by atoms with E-state index < -0.39 is 0 Å². The highest BCUT2D eigenvalue weighted by Crippen LogP contribution is 2.49. The molecular weight excluding hydrogens is 773 g/mol. The Morgan fingerprint density at radius 3 is 0.844 bits per heavy atom. The second-order valence-electron chi connectivity index (χ2n) is 22.7. The van der Waals surface area contributed by atoms with Crippen molar-refractivity contribution in [2.75, 3.05) is 9.80 Å². The van der Waals surface area contributed by atoms with Gasteiger partial charge in [-0.2, -0.15) is 0 Å². The maximum Gasteiger partial charge on any atom is 0.0546 e. The van der Waals surface area contributed by atoms with E-state index in [1.807, 2.05) is 0 Å². The van der Waals surface area contributed by atoms with E-state index in [-0.39, 0.29) is 21.7 Å². The van der Waals surface area contributed by atoms with Crippen LogP contribution in [0.5, 0.6) is 0 Å². The minimum Gasteiger partial charge on any atom is -0.310 e. The molecule has 328 valence electrons. The van der Waals surface area contributed by atoms with Crippen molar-refractivity contribution in [2.45, 2.75) is 132 Å². The minimum absolute atomic E-state index is 0.0369. The third kappa shape index (κ3) is 8.45. The van der Waals surface area contributed by atoms with Crippen molar-refractivity contribution in [3.63, 3.8) is 0 Å². The summed E-state index contributed by atoms with van der Waals surface area (Å²) in [5, 5.41) is 7.38. The highest BCUT2D eigenvalue weighted by Gasteiger charge is 2.28. The highest BCUT2D eigenvalue weighted by molar-refractivity contribution is 6.24. The Labute approximate surface area is 385 Å². The number of anilines is 6. The van der Waals surface area contributed by atoms with E-state index in [9.17, 15) is 0 Å². The Hall–Kier alpha value is -5.86. The topological polar surface area (TPSA) is 6.48 Å². The molecule has 0 unspecified atom stereocenters. The van der Waals surface area contributed by atoms with E-state index in [1.165, 1.54) is 99.6 Å². The standard InChI is InChI=1S/C62H70N2/c1-39-25-27-47(29-41(39)3)63(49-33-43(59(5,6)7)31-44(34-49)60(8,9)10)57-37-55-52-22-18-20-24-54(52)58(38-56(55)51-21-17-19-23-53(51)57)64(48-28-26-40(2)42(4)30-48)50-35-45(61(11,12)13)32-46(36-50)62(14,15)16/h17-38H,1-16H3. The van der Waals surface area contributed by atoms with Crippen LogP contribution in [-0.2, 0) is 21.7 Å². The second-order valence-corrected chi connectivity index (χ2v) is 22.7. The van der Waals surface area contributed by atoms with Crippen molar-refractivity contribution in [3.8, 4) is 0 Å². The van der Waals surface area contributed by atoms with E-state index >= 15 is 0 Å². The Morgan fingerprint density at radius 2 is 0.562 bits per heavy atom. The Balaban J connectivity index is 1.50. The van der Waals surface area contributed by atoms with E-state index in [0.717, 1.165) is 11.4 Å². The molecule has 0 amide bonds. The van der Waals surface area contributed by atoms with Gasteiger partial charge < -0.3 is 9.80 Å². The van der Waals surface area contributed by atoms with Crippen molar-refractivity contribution < 1.29 is 0 Å². The Kier molecular flexibility index (Phi) is 11.2. The van der Waals surface area contributed by atoms with E-state index in [1.54, 1.807) is 0 Å². The molecule has 0 aromatic heterocycles. The van der Waals surface area contributed by atoms with Gasteiger partial charge in [-0.3, -0.25) is 0 Å². The molecule has 2 heteroatoms. The molecule has 0 radical (unpaired) electrons. The molecule has 8 aromatic carbocycles. The van der Waals surface area contributed by atoms with Gasteiger partial charge in [0, 0.05) is 33.5 Å². The van der Waals surface area contributed by atoms with Crippen LogP contribution in [0.4, 0.5) is 34.1 Å². The van der Waals surface area contributed by atoms with Gasteiger partial charge in [-0.05, 0) is 176 Å². The van der Waals surface area contributed by atoms with Gasteiger partial charge in [0.15, 0.2) is 0 Å². The van der Waals surface area contributed by atoms with Crippen LogP contribution in [0, 0.1) is 27.7 Å². The molecule has 0 fully saturated rings. The molecule has 0 aliphatic carbocycles. The van der Waals surface area contributed by atoms with Crippen molar-refractivity contribution in [2.24, 2.45) is 0 Å². The van der Waals surface area contributed by atoms with Crippen LogP contribution in [0.15, 0.2) is 133 Å². The average molecular weight is 843 g/mol. The first-order valence-corrected chi connectivity index (χ1v) is 23.3.